The van der Waals surface area contributed by atoms with Gasteiger partial charge in [-0.05, 0) is 43.2 Å². The number of benzene rings is 1. The lowest BCUT2D eigenvalue weighted by Gasteiger charge is -2.27. The number of imidazole rings is 1. The second-order valence-electron chi connectivity index (χ2n) is 6.81. The molecule has 130 valence electrons. The zero-order valence-electron chi connectivity index (χ0n) is 14.7. The molecule has 3 aromatic rings. The largest absolute Gasteiger partial charge is 0.314 e. The molecular weight excluding hydrogens is 315 g/mol. The summed E-state index contributed by atoms with van der Waals surface area (Å²) in [7, 11) is 0. The third-order valence-corrected chi connectivity index (χ3v) is 5.04. The van der Waals surface area contributed by atoms with Gasteiger partial charge in [0.1, 0.15) is 11.5 Å². The minimum Gasteiger partial charge on any atom is -0.314 e. The number of piperazine rings is 1. The topological polar surface area (TPSA) is 32.6 Å². The fraction of sp³-hybridized carbons (Fsp3) is 0.350. The van der Waals surface area contributed by atoms with E-state index in [4.69, 9.17) is 4.98 Å². The first-order valence-electron chi connectivity index (χ1n) is 8.79. The Morgan fingerprint density at radius 1 is 1.08 bits per heavy atom. The van der Waals surface area contributed by atoms with Crippen LogP contribution in [-0.4, -0.2) is 40.5 Å². The van der Waals surface area contributed by atoms with Crippen LogP contribution in [0.5, 0.6) is 0 Å². The molecule has 1 N–H and O–H groups in total. The van der Waals surface area contributed by atoms with Crippen molar-refractivity contribution in [2.24, 2.45) is 0 Å². The van der Waals surface area contributed by atoms with Gasteiger partial charge in [-0.2, -0.15) is 0 Å². The van der Waals surface area contributed by atoms with Crippen molar-refractivity contribution in [1.82, 2.24) is 19.6 Å². The number of pyridine rings is 1. The van der Waals surface area contributed by atoms with Gasteiger partial charge in [0.15, 0.2) is 0 Å². The summed E-state index contributed by atoms with van der Waals surface area (Å²) in [5.74, 6) is -0.238. The van der Waals surface area contributed by atoms with Gasteiger partial charge in [-0.1, -0.05) is 12.1 Å². The van der Waals surface area contributed by atoms with Gasteiger partial charge in [0.25, 0.3) is 0 Å². The quantitative estimate of drug-likeness (QED) is 0.796. The molecule has 4 nitrogen and oxygen atoms in total. The lowest BCUT2D eigenvalue weighted by Crippen LogP contribution is -2.43. The van der Waals surface area contributed by atoms with Crippen LogP contribution in [0.3, 0.4) is 0 Å². The van der Waals surface area contributed by atoms with Crippen LogP contribution in [0.1, 0.15) is 16.8 Å². The van der Waals surface area contributed by atoms with Crippen LogP contribution in [0.15, 0.2) is 36.5 Å². The zero-order valence-corrected chi connectivity index (χ0v) is 14.7. The van der Waals surface area contributed by atoms with Crippen molar-refractivity contribution in [3.8, 4) is 11.3 Å². The first kappa shape index (κ1) is 16.2. The van der Waals surface area contributed by atoms with E-state index < -0.39 is 0 Å². The molecule has 1 aromatic carbocycles. The Morgan fingerprint density at radius 3 is 2.64 bits per heavy atom. The van der Waals surface area contributed by atoms with E-state index in [1.165, 1.54) is 17.2 Å². The lowest BCUT2D eigenvalue weighted by molar-refractivity contribution is 0.230. The summed E-state index contributed by atoms with van der Waals surface area (Å²) in [6, 6.07) is 9.64. The van der Waals surface area contributed by atoms with Crippen LogP contribution in [0.25, 0.3) is 16.9 Å². The van der Waals surface area contributed by atoms with E-state index in [0.29, 0.717) is 0 Å². The average Bonchev–Trinajstić information content (AvgIpc) is 2.96. The van der Waals surface area contributed by atoms with Crippen molar-refractivity contribution in [2.75, 3.05) is 26.2 Å². The zero-order chi connectivity index (χ0) is 17.4. The van der Waals surface area contributed by atoms with Crippen LogP contribution in [-0.2, 0) is 6.54 Å². The van der Waals surface area contributed by atoms with Gasteiger partial charge >= 0.3 is 0 Å². The van der Waals surface area contributed by atoms with E-state index in [9.17, 15) is 4.39 Å². The highest BCUT2D eigenvalue weighted by Gasteiger charge is 2.19. The normalized spacial score (nSPS) is 15.8. The van der Waals surface area contributed by atoms with Crippen molar-refractivity contribution in [2.45, 2.75) is 20.4 Å². The van der Waals surface area contributed by atoms with Crippen molar-refractivity contribution in [3.63, 3.8) is 0 Å². The Labute approximate surface area is 147 Å². The Balaban J connectivity index is 1.83. The SMILES string of the molecule is Cc1ccc(-c2nc3ccc(F)cn3c2CN2CCNCC2)cc1C. The highest BCUT2D eigenvalue weighted by molar-refractivity contribution is 5.67. The predicted octanol–water partition coefficient (Wildman–Crippen LogP) is 3.16. The molecule has 0 unspecified atom stereocenters. The summed E-state index contributed by atoms with van der Waals surface area (Å²) in [5, 5.41) is 3.38. The van der Waals surface area contributed by atoms with E-state index in [0.717, 1.165) is 55.3 Å². The number of halogens is 1. The molecule has 0 aliphatic carbocycles. The molecule has 3 heterocycles. The van der Waals surface area contributed by atoms with E-state index in [-0.39, 0.29) is 5.82 Å². The van der Waals surface area contributed by atoms with Crippen LogP contribution in [0, 0.1) is 19.7 Å². The van der Waals surface area contributed by atoms with Crippen LogP contribution in [0.4, 0.5) is 4.39 Å². The number of fused-ring (bicyclic) bond motifs is 1. The van der Waals surface area contributed by atoms with Gasteiger partial charge in [-0.3, -0.25) is 9.30 Å². The average molecular weight is 338 g/mol. The lowest BCUT2D eigenvalue weighted by atomic mass is 10.0. The van der Waals surface area contributed by atoms with E-state index in [1.807, 2.05) is 4.40 Å². The van der Waals surface area contributed by atoms with Crippen molar-refractivity contribution < 1.29 is 4.39 Å². The Hall–Kier alpha value is -2.24. The molecule has 0 bridgehead atoms. The molecule has 0 saturated carbocycles. The minimum atomic E-state index is -0.238. The van der Waals surface area contributed by atoms with E-state index in [1.54, 1.807) is 12.3 Å². The third kappa shape index (κ3) is 3.17. The summed E-state index contributed by atoms with van der Waals surface area (Å²) < 4.78 is 15.8. The molecule has 2 aromatic heterocycles. The number of hydrogen-bond acceptors (Lipinski definition) is 3. The fourth-order valence-electron chi connectivity index (χ4n) is 3.42. The van der Waals surface area contributed by atoms with E-state index in [2.05, 4.69) is 42.3 Å². The molecule has 0 spiro atoms. The van der Waals surface area contributed by atoms with Crippen LogP contribution >= 0.6 is 0 Å². The summed E-state index contributed by atoms with van der Waals surface area (Å²) in [6.45, 7) is 8.97. The van der Waals surface area contributed by atoms with Crippen molar-refractivity contribution >= 4 is 5.65 Å². The molecule has 4 rings (SSSR count). The molecule has 5 heteroatoms. The molecule has 1 saturated heterocycles. The van der Waals surface area contributed by atoms with Crippen molar-refractivity contribution in [1.29, 1.82) is 0 Å². The summed E-state index contributed by atoms with van der Waals surface area (Å²) >= 11 is 0. The Morgan fingerprint density at radius 2 is 1.88 bits per heavy atom. The molecule has 1 aliphatic heterocycles. The van der Waals surface area contributed by atoms with Gasteiger partial charge in [-0.25, -0.2) is 9.37 Å². The Bertz CT molecular complexity index is 909. The van der Waals surface area contributed by atoms with E-state index >= 15 is 0 Å². The molecule has 0 amide bonds. The summed E-state index contributed by atoms with van der Waals surface area (Å²) in [5.41, 5.74) is 6.40. The number of nitrogens with one attached hydrogen (secondary N) is 1. The fourth-order valence-corrected chi connectivity index (χ4v) is 3.42. The van der Waals surface area contributed by atoms with Crippen molar-refractivity contribution in [3.05, 3.63) is 59.2 Å². The highest BCUT2D eigenvalue weighted by Crippen LogP contribution is 2.27. The molecule has 1 aliphatic rings. The maximum absolute atomic E-state index is 13.9. The molecule has 25 heavy (non-hydrogen) atoms. The molecular formula is C20H23FN4. The Kier molecular flexibility index (Phi) is 4.27. The first-order chi connectivity index (χ1) is 12.1. The summed E-state index contributed by atoms with van der Waals surface area (Å²) in [4.78, 5) is 7.21. The third-order valence-electron chi connectivity index (χ3n) is 5.04. The summed E-state index contributed by atoms with van der Waals surface area (Å²) in [6.07, 6.45) is 1.55. The molecule has 0 atom stereocenters. The number of nitrogens with zero attached hydrogens (tertiary/aromatic N) is 3. The number of aryl methyl sites for hydroxylation is 2. The van der Waals surface area contributed by atoms with Gasteiger partial charge in [0.2, 0.25) is 0 Å². The van der Waals surface area contributed by atoms with Gasteiger partial charge < -0.3 is 5.32 Å². The van der Waals surface area contributed by atoms with Crippen LogP contribution < -0.4 is 5.32 Å². The molecule has 0 radical (unpaired) electrons. The van der Waals surface area contributed by atoms with Crippen LogP contribution in [0.2, 0.25) is 0 Å². The van der Waals surface area contributed by atoms with Gasteiger partial charge in [0, 0.05) is 44.5 Å². The number of rotatable bonds is 3. The maximum Gasteiger partial charge on any atom is 0.139 e. The first-order valence-corrected chi connectivity index (χ1v) is 8.79. The highest BCUT2D eigenvalue weighted by atomic mass is 19.1. The smallest absolute Gasteiger partial charge is 0.139 e. The maximum atomic E-state index is 13.9. The monoisotopic (exact) mass is 338 g/mol. The number of aromatic nitrogens is 2. The minimum absolute atomic E-state index is 0.238. The molecule has 1 fully saturated rings. The van der Waals surface area contributed by atoms with Gasteiger partial charge in [-0.15, -0.1) is 0 Å². The number of hydrogen-bond donors (Lipinski definition) is 1. The van der Waals surface area contributed by atoms with Gasteiger partial charge in [0.05, 0.1) is 11.4 Å². The predicted molar refractivity (Wildman–Crippen MR) is 98.2 cm³/mol. The second kappa shape index (κ2) is 6.58. The second-order valence-corrected chi connectivity index (χ2v) is 6.81. The standard InChI is InChI=1S/C20H23FN4/c1-14-3-4-16(11-15(14)2)20-18(13-24-9-7-22-8-10-24)25-12-17(21)5-6-19(25)23-20/h3-6,11-12,22H,7-10,13H2,1-2H3.